The highest BCUT2D eigenvalue weighted by Crippen LogP contribution is 2.26. The molecule has 0 unspecified atom stereocenters. The third kappa shape index (κ3) is 2.97. The Morgan fingerprint density at radius 3 is 2.74 bits per heavy atom. The standard InChI is InChI=1S/C19H21N3O/c1-13-5-8-15(9-6-13)19-16(11-18(23)21(3)4)22-12-14(2)7-10-17(22)20-19/h5-10,12H,11H2,1-4H3/i1D3,2D3,3D3,7D,10D,12D. The molecule has 2 aromatic heterocycles. The number of pyridine rings is 1. The predicted molar refractivity (Wildman–Crippen MR) is 92.5 cm³/mol. The molecule has 1 aromatic carbocycles. The normalized spacial score (nSPS) is 20.2. The molecule has 0 aliphatic rings. The summed E-state index contributed by atoms with van der Waals surface area (Å²) in [4.78, 5) is 17.6. The van der Waals surface area contributed by atoms with Crippen LogP contribution in [-0.2, 0) is 11.2 Å². The second-order valence-electron chi connectivity index (χ2n) is 5.01. The van der Waals surface area contributed by atoms with Crippen LogP contribution in [0.1, 0.15) is 33.3 Å². The van der Waals surface area contributed by atoms with Gasteiger partial charge in [0.05, 0.1) is 21.9 Å². The zero-order valence-corrected chi connectivity index (χ0v) is 12.3. The van der Waals surface area contributed by atoms with Gasteiger partial charge >= 0.3 is 0 Å². The lowest BCUT2D eigenvalue weighted by atomic mass is 10.1. The monoisotopic (exact) mass is 319 g/mol. The van der Waals surface area contributed by atoms with E-state index in [1.165, 1.54) is 24.3 Å². The molecule has 0 atom stereocenters. The zero-order valence-electron chi connectivity index (χ0n) is 24.3. The van der Waals surface area contributed by atoms with E-state index >= 15 is 0 Å². The van der Waals surface area contributed by atoms with E-state index in [0.29, 0.717) is 10.5 Å². The molecule has 2 heterocycles. The molecule has 4 heteroatoms. The van der Waals surface area contributed by atoms with Crippen molar-refractivity contribution in [2.24, 2.45) is 0 Å². The van der Waals surface area contributed by atoms with Crippen molar-refractivity contribution in [3.8, 4) is 11.3 Å². The average molecular weight is 319 g/mol. The topological polar surface area (TPSA) is 37.6 Å². The summed E-state index contributed by atoms with van der Waals surface area (Å²) in [5.74, 6) is -0.886. The van der Waals surface area contributed by atoms with Gasteiger partial charge in [-0.05, 0) is 25.3 Å². The number of hydrogen-bond acceptors (Lipinski definition) is 2. The van der Waals surface area contributed by atoms with E-state index in [0.717, 1.165) is 11.4 Å². The summed E-state index contributed by atoms with van der Waals surface area (Å²) < 4.78 is 94.0. The highest BCUT2D eigenvalue weighted by molar-refractivity contribution is 5.81. The van der Waals surface area contributed by atoms with Crippen molar-refractivity contribution in [3.63, 3.8) is 0 Å². The number of likely N-dealkylation sites (N-methyl/N-ethyl adjacent to an activating group) is 1. The third-order valence-corrected chi connectivity index (χ3v) is 3.35. The van der Waals surface area contributed by atoms with Crippen LogP contribution >= 0.6 is 0 Å². The number of benzene rings is 1. The van der Waals surface area contributed by atoms with Gasteiger partial charge in [-0.2, -0.15) is 0 Å². The molecule has 0 radical (unpaired) electrons. The Bertz CT molecular complexity index is 1290. The van der Waals surface area contributed by atoms with Crippen molar-refractivity contribution in [2.75, 3.05) is 14.0 Å². The van der Waals surface area contributed by atoms with E-state index in [-0.39, 0.29) is 22.6 Å². The molecule has 23 heavy (non-hydrogen) atoms. The number of aromatic nitrogens is 2. The van der Waals surface area contributed by atoms with Gasteiger partial charge in [0.25, 0.3) is 0 Å². The second kappa shape index (κ2) is 5.88. The van der Waals surface area contributed by atoms with Gasteiger partial charge in [-0.25, -0.2) is 4.98 Å². The molecule has 0 N–H and O–H groups in total. The minimum Gasteiger partial charge on any atom is -0.348 e. The van der Waals surface area contributed by atoms with Crippen molar-refractivity contribution in [1.82, 2.24) is 14.3 Å². The molecule has 0 bridgehead atoms. The zero-order chi connectivity index (χ0) is 26.7. The summed E-state index contributed by atoms with van der Waals surface area (Å²) in [5.41, 5.74) is -0.686. The first-order chi connectivity index (χ1) is 15.9. The van der Waals surface area contributed by atoms with Crippen LogP contribution in [0.3, 0.4) is 0 Å². The molecule has 0 spiro atoms. The van der Waals surface area contributed by atoms with E-state index in [4.69, 9.17) is 16.4 Å². The largest absolute Gasteiger partial charge is 0.348 e. The van der Waals surface area contributed by atoms with Crippen molar-refractivity contribution < 1.29 is 21.2 Å². The fraction of sp³-hybridized carbons (Fsp3) is 0.263. The predicted octanol–water partition coefficient (Wildman–Crippen LogP) is 3.25. The molecule has 3 rings (SSSR count). The Labute approximate surface area is 153 Å². The summed E-state index contributed by atoms with van der Waals surface area (Å²) in [5, 5.41) is 0. The minimum atomic E-state index is -2.92. The van der Waals surface area contributed by atoms with Crippen LogP contribution in [0.25, 0.3) is 16.9 Å². The fourth-order valence-electron chi connectivity index (χ4n) is 2.20. The van der Waals surface area contributed by atoms with Gasteiger partial charge in [-0.15, -0.1) is 0 Å². The third-order valence-electron chi connectivity index (χ3n) is 3.35. The number of carbonyl (C=O) groups is 1. The smallest absolute Gasteiger partial charge is 0.228 e. The van der Waals surface area contributed by atoms with Crippen LogP contribution in [0.5, 0.6) is 0 Å². The molecule has 118 valence electrons. The van der Waals surface area contributed by atoms with Crippen LogP contribution in [0.15, 0.2) is 42.5 Å². The Morgan fingerprint density at radius 1 is 1.26 bits per heavy atom. The maximum atomic E-state index is 12.8. The van der Waals surface area contributed by atoms with E-state index < -0.39 is 56.8 Å². The van der Waals surface area contributed by atoms with E-state index in [9.17, 15) is 4.79 Å². The maximum absolute atomic E-state index is 12.8. The lowest BCUT2D eigenvalue weighted by molar-refractivity contribution is -0.128. The molecule has 1 amide bonds. The number of rotatable bonds is 3. The molecule has 0 aliphatic carbocycles. The number of amides is 1. The second-order valence-corrected chi connectivity index (χ2v) is 5.01. The first-order valence-corrected chi connectivity index (χ1v) is 6.75. The molecule has 4 nitrogen and oxygen atoms in total. The van der Waals surface area contributed by atoms with Crippen molar-refractivity contribution in [1.29, 1.82) is 0 Å². The van der Waals surface area contributed by atoms with E-state index in [2.05, 4.69) is 4.98 Å². The summed E-state index contributed by atoms with van der Waals surface area (Å²) in [7, 11) is 1.07. The summed E-state index contributed by atoms with van der Waals surface area (Å²) in [6, 6.07) is 4.15. The minimum absolute atomic E-state index is 0.0264. The molecule has 3 aromatic rings. The first kappa shape index (κ1) is 6.48. The average Bonchev–Trinajstić information content (AvgIpc) is 3.09. The Kier molecular flexibility index (Phi) is 1.65. The lowest BCUT2D eigenvalue weighted by Gasteiger charge is -2.11. The van der Waals surface area contributed by atoms with Gasteiger partial charge < -0.3 is 9.30 Å². The molecule has 0 saturated heterocycles. The maximum Gasteiger partial charge on any atom is 0.228 e. The quantitative estimate of drug-likeness (QED) is 0.743. The highest BCUT2D eigenvalue weighted by Gasteiger charge is 2.18. The van der Waals surface area contributed by atoms with Gasteiger partial charge in [0.2, 0.25) is 5.91 Å². The van der Waals surface area contributed by atoms with E-state index in [1.54, 1.807) is 0 Å². The van der Waals surface area contributed by atoms with Crippen LogP contribution in [-0.4, -0.2) is 34.2 Å². The van der Waals surface area contributed by atoms with Gasteiger partial charge in [-0.3, -0.25) is 4.79 Å². The highest BCUT2D eigenvalue weighted by atomic mass is 16.2. The van der Waals surface area contributed by atoms with Crippen molar-refractivity contribution >= 4 is 11.6 Å². The fourth-order valence-corrected chi connectivity index (χ4v) is 2.20. The Morgan fingerprint density at radius 2 is 2.04 bits per heavy atom. The summed E-state index contributed by atoms with van der Waals surface area (Å²) in [6.07, 6.45) is -1.30. The number of hydrogen-bond donors (Lipinski definition) is 0. The number of aryl methyl sites for hydroxylation is 1. The molecular formula is C19H21N3O. The Hall–Kier alpha value is -2.62. The number of fused-ring (bicyclic) bond motifs is 1. The van der Waals surface area contributed by atoms with Crippen LogP contribution < -0.4 is 0 Å². The van der Waals surface area contributed by atoms with Gasteiger partial charge in [0, 0.05) is 38.1 Å². The lowest BCUT2D eigenvalue weighted by Crippen LogP contribution is -2.24. The van der Waals surface area contributed by atoms with Crippen molar-refractivity contribution in [3.05, 3.63) is 59.3 Å². The van der Waals surface area contributed by atoms with Crippen LogP contribution in [0.2, 0.25) is 0 Å². The van der Waals surface area contributed by atoms with Gasteiger partial charge in [0.1, 0.15) is 5.65 Å². The van der Waals surface area contributed by atoms with E-state index in [1.807, 2.05) is 0 Å². The van der Waals surface area contributed by atoms with Crippen LogP contribution in [0.4, 0.5) is 0 Å². The summed E-state index contributed by atoms with van der Waals surface area (Å²) in [6.45, 7) is -8.06. The molecule has 0 aliphatic heterocycles. The molecule has 0 fully saturated rings. The van der Waals surface area contributed by atoms with Gasteiger partial charge in [0.15, 0.2) is 0 Å². The molecular weight excluding hydrogens is 286 g/mol. The van der Waals surface area contributed by atoms with Crippen molar-refractivity contribution in [2.45, 2.75) is 20.1 Å². The Balaban J connectivity index is 2.35. The summed E-state index contributed by atoms with van der Waals surface area (Å²) >= 11 is 0. The van der Waals surface area contributed by atoms with Crippen LogP contribution in [0, 0.1) is 13.7 Å². The number of imidazole rings is 1. The SMILES string of the molecule is [2H]c1c(C([2H])([2H])[2H])c([2H])n2c(CC(=O)N(C)C([2H])([2H])[2H])c(-c3ccc(C([2H])([2H])[2H])cc3)nc2c1[2H]. The molecule has 0 saturated carbocycles. The van der Waals surface area contributed by atoms with Gasteiger partial charge in [-0.1, -0.05) is 35.9 Å². The number of nitrogens with zero attached hydrogens (tertiary/aromatic N) is 3. The number of carbonyl (C=O) groups excluding carboxylic acids is 1. The first-order valence-electron chi connectivity index (χ1n) is 12.7.